The molecule has 1 aromatic carbocycles. The molecule has 0 atom stereocenters. The maximum absolute atomic E-state index is 12.6. The molecule has 9 nitrogen and oxygen atoms in total. The second-order valence-corrected chi connectivity index (χ2v) is 8.96. The lowest BCUT2D eigenvalue weighted by atomic mass is 10.2. The summed E-state index contributed by atoms with van der Waals surface area (Å²) in [6.45, 7) is 5.91. The number of carbonyl (C=O) groups excluding carboxylic acids is 1. The van der Waals surface area contributed by atoms with Gasteiger partial charge in [-0.1, -0.05) is 12.8 Å². The van der Waals surface area contributed by atoms with Gasteiger partial charge >= 0.3 is 0 Å². The van der Waals surface area contributed by atoms with Crippen LogP contribution >= 0.6 is 0 Å². The van der Waals surface area contributed by atoms with Gasteiger partial charge in [0, 0.05) is 57.7 Å². The Morgan fingerprint density at radius 2 is 1.64 bits per heavy atom. The van der Waals surface area contributed by atoms with Gasteiger partial charge in [0.2, 0.25) is 5.91 Å². The van der Waals surface area contributed by atoms with Crippen molar-refractivity contribution in [1.82, 2.24) is 24.6 Å². The molecule has 5 rings (SSSR count). The van der Waals surface area contributed by atoms with Crippen molar-refractivity contribution in [2.24, 2.45) is 7.05 Å². The third-order valence-corrected chi connectivity index (χ3v) is 6.67. The number of benzene rings is 1. The van der Waals surface area contributed by atoms with Gasteiger partial charge in [-0.2, -0.15) is 5.10 Å². The Kier molecular flexibility index (Phi) is 6.39. The molecule has 174 valence electrons. The molecule has 0 saturated carbocycles. The van der Waals surface area contributed by atoms with Crippen molar-refractivity contribution in [2.45, 2.75) is 25.7 Å². The van der Waals surface area contributed by atoms with E-state index in [0.29, 0.717) is 6.54 Å². The quantitative estimate of drug-likeness (QED) is 0.642. The smallest absolute Gasteiger partial charge is 0.238 e. The first-order valence-corrected chi connectivity index (χ1v) is 11.9. The molecule has 0 unspecified atom stereocenters. The second-order valence-electron chi connectivity index (χ2n) is 8.96. The summed E-state index contributed by atoms with van der Waals surface area (Å²) in [5, 5.41) is 8.33. The standard InChI is InChI=1S/C24H32N8O/c1-29-23-21(16-27-29)24(26-18-25-23)32-14-12-30(13-15-32)17-22(33)28-19-6-8-20(9-7-19)31-10-4-2-3-5-11-31/h6-9,16,18H,2-5,10-15,17H2,1H3,(H,28,33). The average molecular weight is 449 g/mol. The van der Waals surface area contributed by atoms with Crippen molar-refractivity contribution in [2.75, 3.05) is 60.9 Å². The topological polar surface area (TPSA) is 82.4 Å². The lowest BCUT2D eigenvalue weighted by Gasteiger charge is -2.35. The first kappa shape index (κ1) is 21.6. The molecule has 33 heavy (non-hydrogen) atoms. The van der Waals surface area contributed by atoms with Crippen molar-refractivity contribution >= 4 is 34.1 Å². The van der Waals surface area contributed by atoms with Crippen molar-refractivity contribution in [3.05, 3.63) is 36.8 Å². The van der Waals surface area contributed by atoms with Gasteiger partial charge in [0.15, 0.2) is 5.65 Å². The van der Waals surface area contributed by atoms with Crippen LogP contribution in [-0.4, -0.2) is 76.4 Å². The van der Waals surface area contributed by atoms with Crippen molar-refractivity contribution in [3.63, 3.8) is 0 Å². The van der Waals surface area contributed by atoms with Gasteiger partial charge < -0.3 is 15.1 Å². The molecule has 4 heterocycles. The number of carbonyl (C=O) groups is 1. The summed E-state index contributed by atoms with van der Waals surface area (Å²) >= 11 is 0. The second kappa shape index (κ2) is 9.74. The summed E-state index contributed by atoms with van der Waals surface area (Å²) in [4.78, 5) is 28.3. The molecule has 2 aliphatic heterocycles. The largest absolute Gasteiger partial charge is 0.372 e. The summed E-state index contributed by atoms with van der Waals surface area (Å²) in [5.74, 6) is 0.948. The maximum Gasteiger partial charge on any atom is 0.238 e. The van der Waals surface area contributed by atoms with E-state index in [9.17, 15) is 4.79 Å². The number of aromatic nitrogens is 4. The molecule has 1 N–H and O–H groups in total. The lowest BCUT2D eigenvalue weighted by molar-refractivity contribution is -0.117. The van der Waals surface area contributed by atoms with E-state index in [1.807, 2.05) is 25.4 Å². The van der Waals surface area contributed by atoms with Gasteiger partial charge in [-0.3, -0.25) is 14.4 Å². The van der Waals surface area contributed by atoms with Crippen LogP contribution < -0.4 is 15.1 Å². The summed E-state index contributed by atoms with van der Waals surface area (Å²) < 4.78 is 1.77. The van der Waals surface area contributed by atoms with Gasteiger partial charge in [-0.25, -0.2) is 9.97 Å². The highest BCUT2D eigenvalue weighted by Crippen LogP contribution is 2.24. The number of hydrogen-bond donors (Lipinski definition) is 1. The number of nitrogens with zero attached hydrogens (tertiary/aromatic N) is 7. The van der Waals surface area contributed by atoms with E-state index in [4.69, 9.17) is 0 Å². The van der Waals surface area contributed by atoms with E-state index >= 15 is 0 Å². The molecule has 0 spiro atoms. The fourth-order valence-corrected chi connectivity index (χ4v) is 4.81. The third-order valence-electron chi connectivity index (χ3n) is 6.67. The highest BCUT2D eigenvalue weighted by molar-refractivity contribution is 5.92. The number of amides is 1. The Labute approximate surface area is 194 Å². The zero-order valence-corrected chi connectivity index (χ0v) is 19.3. The van der Waals surface area contributed by atoms with Gasteiger partial charge in [-0.05, 0) is 37.1 Å². The van der Waals surface area contributed by atoms with Crippen LogP contribution in [-0.2, 0) is 11.8 Å². The molecule has 0 radical (unpaired) electrons. The van der Waals surface area contributed by atoms with E-state index in [1.165, 1.54) is 31.4 Å². The molecule has 1 amide bonds. The normalized spacial score (nSPS) is 17.8. The Morgan fingerprint density at radius 3 is 2.36 bits per heavy atom. The van der Waals surface area contributed by atoms with Gasteiger partial charge in [-0.15, -0.1) is 0 Å². The number of anilines is 3. The zero-order chi connectivity index (χ0) is 22.6. The average Bonchev–Trinajstić information content (AvgIpc) is 3.04. The van der Waals surface area contributed by atoms with Crippen molar-refractivity contribution in [1.29, 1.82) is 0 Å². The minimum absolute atomic E-state index is 0.0302. The van der Waals surface area contributed by atoms with Crippen LogP contribution in [0.25, 0.3) is 11.0 Å². The molecule has 2 fully saturated rings. The first-order valence-electron chi connectivity index (χ1n) is 11.9. The van der Waals surface area contributed by atoms with Crippen LogP contribution in [0.5, 0.6) is 0 Å². The van der Waals surface area contributed by atoms with E-state index in [1.54, 1.807) is 11.0 Å². The Balaban J connectivity index is 1.12. The van der Waals surface area contributed by atoms with Crippen LogP contribution in [0.1, 0.15) is 25.7 Å². The number of aryl methyl sites for hydroxylation is 1. The number of hydrogen-bond acceptors (Lipinski definition) is 7. The lowest BCUT2D eigenvalue weighted by Crippen LogP contribution is -2.49. The molecular weight excluding hydrogens is 416 g/mol. The summed E-state index contributed by atoms with van der Waals surface area (Å²) in [6.07, 6.45) is 8.59. The monoisotopic (exact) mass is 448 g/mol. The number of nitrogens with one attached hydrogen (secondary N) is 1. The summed E-state index contributed by atoms with van der Waals surface area (Å²) in [6, 6.07) is 8.29. The molecule has 0 bridgehead atoms. The molecule has 9 heteroatoms. The van der Waals surface area contributed by atoms with E-state index < -0.39 is 0 Å². The highest BCUT2D eigenvalue weighted by atomic mass is 16.2. The Bertz CT molecular complexity index is 1080. The van der Waals surface area contributed by atoms with Crippen LogP contribution in [0, 0.1) is 0 Å². The maximum atomic E-state index is 12.6. The predicted molar refractivity (Wildman–Crippen MR) is 131 cm³/mol. The van der Waals surface area contributed by atoms with Crippen molar-refractivity contribution in [3.8, 4) is 0 Å². The summed E-state index contributed by atoms with van der Waals surface area (Å²) in [5.41, 5.74) is 2.94. The molecule has 3 aromatic rings. The number of piperazine rings is 1. The SMILES string of the molecule is Cn1ncc2c(N3CCN(CC(=O)Nc4ccc(N5CCCCCC5)cc4)CC3)ncnc21. The number of fused-ring (bicyclic) bond motifs is 1. The fraction of sp³-hybridized carbons (Fsp3) is 0.500. The number of rotatable bonds is 5. The fourth-order valence-electron chi connectivity index (χ4n) is 4.81. The predicted octanol–water partition coefficient (Wildman–Crippen LogP) is 2.50. The molecule has 2 aliphatic rings. The van der Waals surface area contributed by atoms with Gasteiger partial charge in [0.1, 0.15) is 12.1 Å². The minimum atomic E-state index is 0.0302. The van der Waals surface area contributed by atoms with Gasteiger partial charge in [0.25, 0.3) is 0 Å². The van der Waals surface area contributed by atoms with Crippen LogP contribution in [0.4, 0.5) is 17.2 Å². The van der Waals surface area contributed by atoms with E-state index in [0.717, 1.165) is 61.8 Å². The van der Waals surface area contributed by atoms with Gasteiger partial charge in [0.05, 0.1) is 18.1 Å². The van der Waals surface area contributed by atoms with Crippen molar-refractivity contribution < 1.29 is 4.79 Å². The molecular formula is C24H32N8O. The Hall–Kier alpha value is -3.20. The van der Waals surface area contributed by atoms with Crippen LogP contribution in [0.2, 0.25) is 0 Å². The van der Waals surface area contributed by atoms with E-state index in [2.05, 4.69) is 47.2 Å². The molecule has 2 aromatic heterocycles. The highest BCUT2D eigenvalue weighted by Gasteiger charge is 2.22. The molecule has 2 saturated heterocycles. The zero-order valence-electron chi connectivity index (χ0n) is 19.3. The first-order chi connectivity index (χ1) is 16.2. The van der Waals surface area contributed by atoms with Crippen LogP contribution in [0.3, 0.4) is 0 Å². The minimum Gasteiger partial charge on any atom is -0.372 e. The summed E-state index contributed by atoms with van der Waals surface area (Å²) in [7, 11) is 1.89. The van der Waals surface area contributed by atoms with E-state index in [-0.39, 0.29) is 5.91 Å². The third kappa shape index (κ3) is 4.93. The molecule has 0 aliphatic carbocycles. The Morgan fingerprint density at radius 1 is 0.909 bits per heavy atom. The van der Waals surface area contributed by atoms with Crippen LogP contribution in [0.15, 0.2) is 36.8 Å².